The third-order valence-electron chi connectivity index (χ3n) is 8.32. The van der Waals surface area contributed by atoms with Gasteiger partial charge in [0.15, 0.2) is 7.14 Å². The number of fused-ring (bicyclic) bond motifs is 7. The van der Waals surface area contributed by atoms with E-state index >= 15 is 4.57 Å². The van der Waals surface area contributed by atoms with E-state index in [4.69, 9.17) is 4.98 Å². The van der Waals surface area contributed by atoms with Crippen molar-refractivity contribution in [2.75, 3.05) is 0 Å². The van der Waals surface area contributed by atoms with Crippen molar-refractivity contribution in [3.63, 3.8) is 0 Å². The summed E-state index contributed by atoms with van der Waals surface area (Å²) >= 11 is 0. The molecule has 1 aliphatic heterocycles. The van der Waals surface area contributed by atoms with Crippen molar-refractivity contribution in [1.29, 1.82) is 0 Å². The van der Waals surface area contributed by atoms with E-state index in [2.05, 4.69) is 75.9 Å². The van der Waals surface area contributed by atoms with Crippen molar-refractivity contribution in [2.45, 2.75) is 0 Å². The highest BCUT2D eigenvalue weighted by molar-refractivity contribution is 7.86. The van der Waals surface area contributed by atoms with E-state index in [9.17, 15) is 0 Å². The van der Waals surface area contributed by atoms with Gasteiger partial charge in [0.05, 0.1) is 27.8 Å². The molecular weight excluding hydrogens is 509 g/mol. The Morgan fingerprint density at radius 3 is 2.17 bits per heavy atom. The minimum Gasteiger partial charge on any atom is -0.308 e. The third-order valence-corrected chi connectivity index (χ3v) is 11.4. The molecule has 0 saturated heterocycles. The molecule has 1 aliphatic rings. The van der Waals surface area contributed by atoms with Gasteiger partial charge in [-0.15, -0.1) is 0 Å². The smallest absolute Gasteiger partial charge is 0.220 e. The average Bonchev–Trinajstić information content (AvgIpc) is 3.56. The lowest BCUT2D eigenvalue weighted by Gasteiger charge is -2.29. The molecule has 40 heavy (non-hydrogen) atoms. The van der Waals surface area contributed by atoms with Gasteiger partial charge in [-0.3, -0.25) is 9.13 Å². The average molecular weight is 532 g/mol. The van der Waals surface area contributed by atoms with Gasteiger partial charge >= 0.3 is 0 Å². The first-order valence-corrected chi connectivity index (χ1v) is 15.1. The van der Waals surface area contributed by atoms with Gasteiger partial charge in [0.25, 0.3) is 0 Å². The van der Waals surface area contributed by atoms with Gasteiger partial charge < -0.3 is 4.57 Å². The van der Waals surface area contributed by atoms with Crippen LogP contribution in [0.4, 0.5) is 0 Å². The molecule has 4 nitrogen and oxygen atoms in total. The van der Waals surface area contributed by atoms with Crippen LogP contribution in [0.25, 0.3) is 55.2 Å². The number of hydrogen-bond donors (Lipinski definition) is 0. The molecule has 5 heteroatoms. The van der Waals surface area contributed by atoms with Gasteiger partial charge in [0, 0.05) is 26.7 Å². The Balaban J connectivity index is 1.48. The van der Waals surface area contributed by atoms with Crippen LogP contribution >= 0.6 is 7.14 Å². The second-order valence-electron chi connectivity index (χ2n) is 10.4. The number of rotatable bonds is 2. The summed E-state index contributed by atoms with van der Waals surface area (Å²) in [5.74, 6) is 0.802. The zero-order valence-electron chi connectivity index (χ0n) is 21.4. The molecule has 1 atom stereocenters. The van der Waals surface area contributed by atoms with E-state index in [1.165, 1.54) is 21.5 Å². The van der Waals surface area contributed by atoms with E-state index in [0.29, 0.717) is 0 Å². The molecule has 0 N–H and O–H groups in total. The number of benzene rings is 6. The molecule has 8 aromatic rings. The van der Waals surface area contributed by atoms with Crippen LogP contribution in [0.5, 0.6) is 0 Å². The number of imidazole rings is 1. The van der Waals surface area contributed by atoms with Crippen LogP contribution in [0.15, 0.2) is 133 Å². The van der Waals surface area contributed by atoms with Crippen LogP contribution in [-0.2, 0) is 4.57 Å². The summed E-state index contributed by atoms with van der Waals surface area (Å²) < 4.78 is 19.8. The molecule has 0 amide bonds. The summed E-state index contributed by atoms with van der Waals surface area (Å²) in [5.41, 5.74) is 4.86. The summed E-state index contributed by atoms with van der Waals surface area (Å²) in [5, 5.41) is 7.35. The molecule has 188 valence electrons. The highest BCUT2D eigenvalue weighted by atomic mass is 31.2. The molecule has 0 bridgehead atoms. The Labute approximate surface area is 230 Å². The second kappa shape index (κ2) is 7.81. The van der Waals surface area contributed by atoms with Crippen molar-refractivity contribution in [3.05, 3.63) is 133 Å². The highest BCUT2D eigenvalue weighted by Gasteiger charge is 2.40. The van der Waals surface area contributed by atoms with Crippen molar-refractivity contribution < 1.29 is 4.57 Å². The molecule has 1 unspecified atom stereocenters. The molecule has 6 aromatic carbocycles. The van der Waals surface area contributed by atoms with Gasteiger partial charge in [-0.1, -0.05) is 97.1 Å². The van der Waals surface area contributed by atoms with Crippen LogP contribution in [0.3, 0.4) is 0 Å². The first-order chi connectivity index (χ1) is 19.7. The van der Waals surface area contributed by atoms with Gasteiger partial charge in [0.1, 0.15) is 0 Å². The summed E-state index contributed by atoms with van der Waals surface area (Å²) in [7, 11) is -3.13. The summed E-state index contributed by atoms with van der Waals surface area (Å²) in [6, 6.07) is 45.5. The molecule has 3 heterocycles. The lowest BCUT2D eigenvalue weighted by molar-refractivity contribution is 0.592. The lowest BCUT2D eigenvalue weighted by Crippen LogP contribution is -2.33. The predicted octanol–water partition coefficient (Wildman–Crippen LogP) is 7.23. The Kier molecular flexibility index (Phi) is 4.29. The van der Waals surface area contributed by atoms with Crippen molar-refractivity contribution in [3.8, 4) is 11.6 Å². The fourth-order valence-corrected chi connectivity index (χ4v) is 9.66. The first-order valence-electron chi connectivity index (χ1n) is 13.4. The predicted molar refractivity (Wildman–Crippen MR) is 166 cm³/mol. The molecule has 0 fully saturated rings. The van der Waals surface area contributed by atoms with Crippen LogP contribution in [-0.4, -0.2) is 14.1 Å². The topological polar surface area (TPSA) is 39.8 Å². The Morgan fingerprint density at radius 1 is 0.550 bits per heavy atom. The maximum absolute atomic E-state index is 15.3. The van der Waals surface area contributed by atoms with Crippen molar-refractivity contribution >= 4 is 66.7 Å². The minimum atomic E-state index is -3.13. The molecule has 2 aromatic heterocycles. The molecule has 0 spiro atoms. The van der Waals surface area contributed by atoms with Crippen LogP contribution in [0, 0.1) is 0 Å². The van der Waals surface area contributed by atoms with Crippen LogP contribution in [0.1, 0.15) is 0 Å². The molecule has 9 rings (SSSR count). The fourth-order valence-electron chi connectivity index (χ4n) is 6.65. The number of nitrogens with zero attached hydrogens (tertiary/aromatic N) is 3. The van der Waals surface area contributed by atoms with E-state index in [1.54, 1.807) is 0 Å². The maximum Gasteiger partial charge on any atom is 0.220 e. The maximum atomic E-state index is 15.3. The number of aromatic nitrogens is 3. The van der Waals surface area contributed by atoms with E-state index in [0.717, 1.165) is 49.6 Å². The quantitative estimate of drug-likeness (QED) is 0.221. The molecular formula is C35H22N3OP. The lowest BCUT2D eigenvalue weighted by atomic mass is 10.0. The summed E-state index contributed by atoms with van der Waals surface area (Å²) in [6.45, 7) is 0. The monoisotopic (exact) mass is 531 g/mol. The van der Waals surface area contributed by atoms with Gasteiger partial charge in [-0.25, -0.2) is 4.98 Å². The van der Waals surface area contributed by atoms with E-state index in [1.807, 2.05) is 66.7 Å². The SMILES string of the molecule is O=P1(c2ccccc2)c2ccccc2-n2c(-n3c4ccccc4c4c5ccccc5ccc43)nc3cccc1c32. The largest absolute Gasteiger partial charge is 0.308 e. The number of hydrogen-bond acceptors (Lipinski definition) is 2. The number of para-hydroxylation sites is 3. The molecule has 0 saturated carbocycles. The minimum absolute atomic E-state index is 0.802. The Bertz CT molecular complexity index is 2360. The van der Waals surface area contributed by atoms with Crippen molar-refractivity contribution in [1.82, 2.24) is 14.1 Å². The third kappa shape index (κ3) is 2.66. The molecule has 0 radical (unpaired) electrons. The normalized spacial score (nSPS) is 16.2. The summed E-state index contributed by atoms with van der Waals surface area (Å²) in [4.78, 5) is 5.27. The zero-order chi connectivity index (χ0) is 26.4. The van der Waals surface area contributed by atoms with Gasteiger partial charge in [-0.05, 0) is 47.2 Å². The molecule has 0 aliphatic carbocycles. The fraction of sp³-hybridized carbons (Fsp3) is 0. The van der Waals surface area contributed by atoms with Crippen LogP contribution in [0.2, 0.25) is 0 Å². The second-order valence-corrected chi connectivity index (χ2v) is 13.1. The standard InChI is InChI=1S/C35H22N3OP/c39-40(24-12-2-1-3-13-24)31-19-9-8-18-29(31)38-34-27(16-10-20-32(34)40)36-35(38)37-28-17-7-6-15-26(28)33-25-14-5-4-11-23(25)21-22-30(33)37/h1-22H. The highest BCUT2D eigenvalue weighted by Crippen LogP contribution is 2.50. The summed E-state index contributed by atoms with van der Waals surface area (Å²) in [6.07, 6.45) is 0. The van der Waals surface area contributed by atoms with Gasteiger partial charge in [-0.2, -0.15) is 0 Å². The Hall–Kier alpha value is -4.92. The van der Waals surface area contributed by atoms with E-state index < -0.39 is 7.14 Å². The van der Waals surface area contributed by atoms with Crippen molar-refractivity contribution in [2.24, 2.45) is 0 Å². The van der Waals surface area contributed by atoms with E-state index in [-0.39, 0.29) is 0 Å². The van der Waals surface area contributed by atoms with Crippen LogP contribution < -0.4 is 15.9 Å². The Morgan fingerprint density at radius 2 is 1.27 bits per heavy atom. The zero-order valence-corrected chi connectivity index (χ0v) is 22.3. The van der Waals surface area contributed by atoms with Gasteiger partial charge in [0.2, 0.25) is 5.95 Å². The first kappa shape index (κ1) is 22.0.